The normalized spacial score (nSPS) is 20.2. The molecule has 0 aromatic heterocycles. The lowest BCUT2D eigenvalue weighted by atomic mass is 10.0. The summed E-state index contributed by atoms with van der Waals surface area (Å²) in [4.78, 5) is 23.7. The molecule has 0 bridgehead atoms. The third-order valence-electron chi connectivity index (χ3n) is 3.55. The van der Waals surface area contributed by atoms with Crippen LogP contribution in [-0.2, 0) is 9.59 Å². The van der Waals surface area contributed by atoms with Crippen LogP contribution in [0, 0.1) is 5.92 Å². The summed E-state index contributed by atoms with van der Waals surface area (Å²) in [5.41, 5.74) is 0.708. The fourth-order valence-electron chi connectivity index (χ4n) is 2.34. The van der Waals surface area contributed by atoms with Gasteiger partial charge in [-0.05, 0) is 30.7 Å². The molecule has 118 valence electrons. The van der Waals surface area contributed by atoms with E-state index in [1.807, 2.05) is 0 Å². The van der Waals surface area contributed by atoms with Gasteiger partial charge in [-0.2, -0.15) is 0 Å². The van der Waals surface area contributed by atoms with Crippen LogP contribution in [-0.4, -0.2) is 38.1 Å². The number of carbonyl (C=O) groups excluding carboxylic acids is 2. The number of likely N-dealkylation sites (N-methyl/N-ethyl adjacent to an activating group) is 1. The minimum Gasteiger partial charge on any atom is -0.490 e. The fraction of sp³-hybridized carbons (Fsp3) is 0.375. The fourth-order valence-corrected chi connectivity index (χ4v) is 2.34. The first kappa shape index (κ1) is 16.0. The van der Waals surface area contributed by atoms with Crippen molar-refractivity contribution < 1.29 is 14.3 Å². The third-order valence-corrected chi connectivity index (χ3v) is 3.55. The quantitative estimate of drug-likeness (QED) is 0.683. The summed E-state index contributed by atoms with van der Waals surface area (Å²) in [6.07, 6.45) is 2.18. The molecule has 1 aromatic rings. The monoisotopic (exact) mass is 303 g/mol. The second kappa shape index (κ2) is 7.61. The predicted molar refractivity (Wildman–Crippen MR) is 84.7 cm³/mol. The van der Waals surface area contributed by atoms with Gasteiger partial charge in [0.2, 0.25) is 11.8 Å². The highest BCUT2D eigenvalue weighted by Crippen LogP contribution is 2.19. The Kier molecular flexibility index (Phi) is 5.55. The van der Waals surface area contributed by atoms with Crippen LogP contribution in [0.3, 0.4) is 0 Å². The summed E-state index contributed by atoms with van der Waals surface area (Å²) in [6.45, 7) is 4.53. The van der Waals surface area contributed by atoms with E-state index in [4.69, 9.17) is 4.74 Å². The first-order valence-corrected chi connectivity index (χ1v) is 7.23. The van der Waals surface area contributed by atoms with Gasteiger partial charge >= 0.3 is 0 Å². The van der Waals surface area contributed by atoms with Gasteiger partial charge in [-0.15, -0.1) is 0 Å². The molecule has 2 atom stereocenters. The van der Waals surface area contributed by atoms with Gasteiger partial charge in [0.1, 0.15) is 12.4 Å². The number of hydrogen-bond acceptors (Lipinski definition) is 4. The van der Waals surface area contributed by atoms with Gasteiger partial charge < -0.3 is 20.7 Å². The standard InChI is InChI=1S/C16H21N3O3/c1-3-8-22-13-6-4-12(5-7-13)19-15(20)11-9-14(18-10-11)16(21)17-2/h3-7,11,14,18H,1,8-10H2,2H3,(H,17,21)(H,19,20). The third kappa shape index (κ3) is 4.08. The van der Waals surface area contributed by atoms with E-state index in [-0.39, 0.29) is 23.8 Å². The van der Waals surface area contributed by atoms with Gasteiger partial charge in [0.15, 0.2) is 0 Å². The highest BCUT2D eigenvalue weighted by molar-refractivity contribution is 5.94. The molecule has 6 nitrogen and oxygen atoms in total. The number of rotatable bonds is 6. The zero-order valence-corrected chi connectivity index (χ0v) is 12.6. The lowest BCUT2D eigenvalue weighted by Crippen LogP contribution is -2.38. The van der Waals surface area contributed by atoms with Crippen LogP contribution < -0.4 is 20.7 Å². The smallest absolute Gasteiger partial charge is 0.236 e. The molecular formula is C16H21N3O3. The minimum atomic E-state index is -0.296. The molecule has 2 unspecified atom stereocenters. The van der Waals surface area contributed by atoms with Crippen LogP contribution in [0.15, 0.2) is 36.9 Å². The van der Waals surface area contributed by atoms with Crippen LogP contribution in [0.4, 0.5) is 5.69 Å². The largest absolute Gasteiger partial charge is 0.490 e. The second-order valence-electron chi connectivity index (χ2n) is 5.12. The Bertz CT molecular complexity index is 542. The molecule has 3 N–H and O–H groups in total. The van der Waals surface area contributed by atoms with Crippen molar-refractivity contribution in [2.24, 2.45) is 5.92 Å². The molecule has 22 heavy (non-hydrogen) atoms. The Labute approximate surface area is 129 Å². The van der Waals surface area contributed by atoms with Crippen molar-refractivity contribution in [2.75, 3.05) is 25.5 Å². The van der Waals surface area contributed by atoms with Crippen LogP contribution in [0.5, 0.6) is 5.75 Å². The summed E-state index contributed by atoms with van der Waals surface area (Å²) in [5.74, 6) is 0.344. The van der Waals surface area contributed by atoms with Crippen LogP contribution in [0.2, 0.25) is 0 Å². The Morgan fingerprint density at radius 2 is 2.09 bits per heavy atom. The molecule has 0 aliphatic carbocycles. The number of anilines is 1. The maximum absolute atomic E-state index is 12.2. The summed E-state index contributed by atoms with van der Waals surface area (Å²) in [6, 6.07) is 6.86. The molecule has 1 fully saturated rings. The van der Waals surface area contributed by atoms with Crippen LogP contribution >= 0.6 is 0 Å². The van der Waals surface area contributed by atoms with E-state index >= 15 is 0 Å². The van der Waals surface area contributed by atoms with Crippen LogP contribution in [0.1, 0.15) is 6.42 Å². The average molecular weight is 303 g/mol. The molecule has 2 rings (SSSR count). The maximum atomic E-state index is 12.2. The summed E-state index contributed by atoms with van der Waals surface area (Å²) in [5, 5.41) is 8.50. The number of amides is 2. The van der Waals surface area contributed by atoms with Crippen molar-refractivity contribution in [3.8, 4) is 5.75 Å². The van der Waals surface area contributed by atoms with Gasteiger partial charge in [-0.1, -0.05) is 12.7 Å². The van der Waals surface area contributed by atoms with Crippen molar-refractivity contribution in [3.63, 3.8) is 0 Å². The molecule has 2 amide bonds. The van der Waals surface area contributed by atoms with Gasteiger partial charge in [-0.3, -0.25) is 9.59 Å². The summed E-state index contributed by atoms with van der Waals surface area (Å²) in [7, 11) is 1.59. The highest BCUT2D eigenvalue weighted by atomic mass is 16.5. The number of ether oxygens (including phenoxy) is 1. The Balaban J connectivity index is 1.87. The molecular weight excluding hydrogens is 282 g/mol. The molecule has 6 heteroatoms. The first-order valence-electron chi connectivity index (χ1n) is 7.23. The number of carbonyl (C=O) groups is 2. The predicted octanol–water partition coefficient (Wildman–Crippen LogP) is 0.914. The van der Waals surface area contributed by atoms with Crippen molar-refractivity contribution in [1.82, 2.24) is 10.6 Å². The molecule has 0 spiro atoms. The molecule has 1 aliphatic heterocycles. The number of hydrogen-bond donors (Lipinski definition) is 3. The van der Waals surface area contributed by atoms with Gasteiger partial charge in [0, 0.05) is 19.3 Å². The van der Waals surface area contributed by atoms with E-state index in [9.17, 15) is 9.59 Å². The Hall–Kier alpha value is -2.34. The Morgan fingerprint density at radius 1 is 1.36 bits per heavy atom. The molecule has 0 radical (unpaired) electrons. The number of nitrogens with one attached hydrogen (secondary N) is 3. The summed E-state index contributed by atoms with van der Waals surface area (Å²) < 4.78 is 5.38. The summed E-state index contributed by atoms with van der Waals surface area (Å²) >= 11 is 0. The van der Waals surface area contributed by atoms with E-state index in [0.29, 0.717) is 25.3 Å². The van der Waals surface area contributed by atoms with E-state index in [1.165, 1.54) is 0 Å². The molecule has 1 saturated heterocycles. The van der Waals surface area contributed by atoms with E-state index < -0.39 is 0 Å². The topological polar surface area (TPSA) is 79.5 Å². The molecule has 0 saturated carbocycles. The van der Waals surface area contributed by atoms with Crippen molar-refractivity contribution in [2.45, 2.75) is 12.5 Å². The SMILES string of the molecule is C=CCOc1ccc(NC(=O)C2CNC(C(=O)NC)C2)cc1. The Morgan fingerprint density at radius 3 is 2.73 bits per heavy atom. The van der Waals surface area contributed by atoms with E-state index in [0.717, 1.165) is 5.75 Å². The lowest BCUT2D eigenvalue weighted by Gasteiger charge is -2.11. The first-order chi connectivity index (χ1) is 10.6. The molecule has 1 aliphatic rings. The minimum absolute atomic E-state index is 0.0842. The van der Waals surface area contributed by atoms with E-state index in [2.05, 4.69) is 22.5 Å². The van der Waals surface area contributed by atoms with Crippen LogP contribution in [0.25, 0.3) is 0 Å². The van der Waals surface area contributed by atoms with Gasteiger partial charge in [0.05, 0.1) is 12.0 Å². The molecule has 1 heterocycles. The number of benzene rings is 1. The molecule has 1 aromatic carbocycles. The highest BCUT2D eigenvalue weighted by Gasteiger charge is 2.33. The van der Waals surface area contributed by atoms with Crippen molar-refractivity contribution in [3.05, 3.63) is 36.9 Å². The zero-order valence-electron chi connectivity index (χ0n) is 12.6. The maximum Gasteiger partial charge on any atom is 0.236 e. The van der Waals surface area contributed by atoms with Crippen molar-refractivity contribution in [1.29, 1.82) is 0 Å². The van der Waals surface area contributed by atoms with Gasteiger partial charge in [-0.25, -0.2) is 0 Å². The lowest BCUT2D eigenvalue weighted by molar-refractivity contribution is -0.122. The average Bonchev–Trinajstić information content (AvgIpc) is 3.03. The van der Waals surface area contributed by atoms with Gasteiger partial charge in [0.25, 0.3) is 0 Å². The van der Waals surface area contributed by atoms with E-state index in [1.54, 1.807) is 37.4 Å². The zero-order chi connectivity index (χ0) is 15.9. The van der Waals surface area contributed by atoms with Crippen molar-refractivity contribution >= 4 is 17.5 Å². The second-order valence-corrected chi connectivity index (χ2v) is 5.12.